The topological polar surface area (TPSA) is 65.4 Å². The number of anilines is 1. The molecule has 0 bridgehead atoms. The van der Waals surface area contributed by atoms with Crippen LogP contribution in [0.2, 0.25) is 0 Å². The molecule has 3 rings (SSSR count). The highest BCUT2D eigenvalue weighted by Crippen LogP contribution is 2.21. The van der Waals surface area contributed by atoms with Crippen LogP contribution in [0.25, 0.3) is 0 Å². The van der Waals surface area contributed by atoms with Gasteiger partial charge in [0.2, 0.25) is 0 Å². The highest BCUT2D eigenvalue weighted by Gasteiger charge is 2.25. The maximum atomic E-state index is 13.9. The first-order valence-electron chi connectivity index (χ1n) is 9.40. The number of thiazole rings is 1. The molecular weight excluding hydrogens is 363 g/mol. The van der Waals surface area contributed by atoms with E-state index in [1.54, 1.807) is 23.6 Å². The fourth-order valence-corrected chi connectivity index (χ4v) is 4.19. The summed E-state index contributed by atoms with van der Waals surface area (Å²) in [7, 11) is 0. The number of aryl methyl sites for hydroxylation is 2. The monoisotopic (exact) mass is 390 g/mol. The second kappa shape index (κ2) is 9.12. The van der Waals surface area contributed by atoms with Crippen LogP contribution in [0.4, 0.5) is 10.2 Å². The van der Waals surface area contributed by atoms with E-state index < -0.39 is 0 Å². The van der Waals surface area contributed by atoms with Crippen molar-refractivity contribution in [1.82, 2.24) is 20.6 Å². The van der Waals surface area contributed by atoms with Crippen molar-refractivity contribution in [2.45, 2.75) is 39.7 Å². The van der Waals surface area contributed by atoms with Gasteiger partial charge in [0.15, 0.2) is 17.6 Å². The van der Waals surface area contributed by atoms with E-state index in [-0.39, 0.29) is 11.9 Å². The van der Waals surface area contributed by atoms with Gasteiger partial charge < -0.3 is 15.5 Å². The molecule has 6 nitrogen and oxygen atoms in total. The molecule has 3 heterocycles. The zero-order chi connectivity index (χ0) is 19.2. The van der Waals surface area contributed by atoms with Gasteiger partial charge in [0.1, 0.15) is 0 Å². The van der Waals surface area contributed by atoms with E-state index in [1.165, 1.54) is 10.9 Å². The van der Waals surface area contributed by atoms with Crippen molar-refractivity contribution >= 4 is 23.1 Å². The van der Waals surface area contributed by atoms with Crippen LogP contribution in [0.1, 0.15) is 28.9 Å². The molecule has 1 atom stereocenters. The van der Waals surface area contributed by atoms with Crippen molar-refractivity contribution in [3.63, 3.8) is 0 Å². The fourth-order valence-electron chi connectivity index (χ4n) is 3.27. The lowest BCUT2D eigenvalue weighted by molar-refractivity contribution is 0.612. The molecule has 0 aliphatic carbocycles. The van der Waals surface area contributed by atoms with Gasteiger partial charge in [0.05, 0.1) is 10.7 Å². The highest BCUT2D eigenvalue weighted by atomic mass is 32.1. The van der Waals surface area contributed by atoms with Crippen LogP contribution in [-0.2, 0) is 6.42 Å². The van der Waals surface area contributed by atoms with E-state index in [9.17, 15) is 4.39 Å². The molecule has 8 heteroatoms. The first-order chi connectivity index (χ1) is 13.1. The van der Waals surface area contributed by atoms with Crippen LogP contribution in [-0.4, -0.2) is 48.1 Å². The van der Waals surface area contributed by atoms with Crippen LogP contribution in [0, 0.1) is 19.7 Å². The molecule has 2 N–H and O–H groups in total. The minimum atomic E-state index is -0.269. The number of aliphatic imine (C=N–C) groups is 1. The average Bonchev–Trinajstić information content (AvgIpc) is 3.22. The minimum Gasteiger partial charge on any atom is -0.357 e. The zero-order valence-corrected chi connectivity index (χ0v) is 16.9. The molecule has 1 fully saturated rings. The Hall–Kier alpha value is -2.22. The number of nitrogens with one attached hydrogen (secondary N) is 2. The average molecular weight is 391 g/mol. The second-order valence-electron chi connectivity index (χ2n) is 6.64. The van der Waals surface area contributed by atoms with Crippen molar-refractivity contribution in [2.24, 2.45) is 4.99 Å². The van der Waals surface area contributed by atoms with E-state index >= 15 is 0 Å². The van der Waals surface area contributed by atoms with E-state index in [1.807, 2.05) is 11.8 Å². The summed E-state index contributed by atoms with van der Waals surface area (Å²) in [6, 6.07) is 3.29. The number of aromatic nitrogens is 2. The van der Waals surface area contributed by atoms with E-state index in [4.69, 9.17) is 4.99 Å². The summed E-state index contributed by atoms with van der Waals surface area (Å²) in [6.45, 7) is 9.15. The molecule has 1 aliphatic heterocycles. The molecule has 1 saturated heterocycles. The Bertz CT molecular complexity index is 790. The highest BCUT2D eigenvalue weighted by molar-refractivity contribution is 7.11. The SMILES string of the molecule is CCNC(=NCCc1sc(C)nc1C)NC1CCN(c2ncccc2F)C1. The molecular formula is C19H27FN6S. The quantitative estimate of drug-likeness (QED) is 0.586. The fraction of sp³-hybridized carbons (Fsp3) is 0.526. The van der Waals surface area contributed by atoms with Crippen molar-refractivity contribution in [1.29, 1.82) is 0 Å². The summed E-state index contributed by atoms with van der Waals surface area (Å²) in [4.78, 5) is 16.6. The third kappa shape index (κ3) is 5.15. The van der Waals surface area contributed by atoms with Gasteiger partial charge in [-0.05, 0) is 39.3 Å². The lowest BCUT2D eigenvalue weighted by Crippen LogP contribution is -2.44. The lowest BCUT2D eigenvalue weighted by atomic mass is 10.3. The molecule has 0 aromatic carbocycles. The summed E-state index contributed by atoms with van der Waals surface area (Å²) in [5, 5.41) is 7.88. The van der Waals surface area contributed by atoms with E-state index in [2.05, 4.69) is 34.4 Å². The van der Waals surface area contributed by atoms with Gasteiger partial charge in [-0.1, -0.05) is 0 Å². The first-order valence-corrected chi connectivity index (χ1v) is 10.2. The number of nitrogens with zero attached hydrogens (tertiary/aromatic N) is 4. The van der Waals surface area contributed by atoms with Gasteiger partial charge in [0, 0.05) is 49.7 Å². The van der Waals surface area contributed by atoms with Crippen molar-refractivity contribution in [3.8, 4) is 0 Å². The zero-order valence-electron chi connectivity index (χ0n) is 16.1. The normalized spacial score (nSPS) is 17.4. The molecule has 1 aliphatic rings. The van der Waals surface area contributed by atoms with Gasteiger partial charge >= 0.3 is 0 Å². The minimum absolute atomic E-state index is 0.219. The Morgan fingerprint density at radius 3 is 3.00 bits per heavy atom. The summed E-state index contributed by atoms with van der Waals surface area (Å²) in [5.74, 6) is 0.971. The molecule has 1 unspecified atom stereocenters. The maximum absolute atomic E-state index is 13.9. The van der Waals surface area contributed by atoms with Crippen LogP contribution in [0.3, 0.4) is 0 Å². The molecule has 0 amide bonds. The maximum Gasteiger partial charge on any atom is 0.191 e. The third-order valence-electron chi connectivity index (χ3n) is 4.52. The van der Waals surface area contributed by atoms with Crippen LogP contribution < -0.4 is 15.5 Å². The molecule has 27 heavy (non-hydrogen) atoms. The van der Waals surface area contributed by atoms with Gasteiger partial charge in [0.25, 0.3) is 0 Å². The van der Waals surface area contributed by atoms with Crippen molar-refractivity contribution in [3.05, 3.63) is 39.7 Å². The molecule has 2 aromatic heterocycles. The summed E-state index contributed by atoms with van der Waals surface area (Å²) >= 11 is 1.74. The number of halogens is 1. The molecule has 0 spiro atoms. The summed E-state index contributed by atoms with van der Waals surface area (Å²) in [6.07, 6.45) is 3.45. The Morgan fingerprint density at radius 1 is 1.44 bits per heavy atom. The molecule has 146 valence electrons. The standard InChI is InChI=1S/C19H27FN6S/c1-4-21-19(23-10-7-17-13(2)24-14(3)27-17)25-15-8-11-26(12-15)18-16(20)6-5-9-22-18/h5-6,9,15H,4,7-8,10-12H2,1-3H3,(H2,21,23,25). The van der Waals surface area contributed by atoms with Gasteiger partial charge in [-0.3, -0.25) is 4.99 Å². The Balaban J connectivity index is 1.56. The Morgan fingerprint density at radius 2 is 2.30 bits per heavy atom. The van der Waals surface area contributed by atoms with Crippen molar-refractivity contribution < 1.29 is 4.39 Å². The predicted octanol–water partition coefficient (Wildman–Crippen LogP) is 2.67. The number of guanidine groups is 1. The number of hydrogen-bond donors (Lipinski definition) is 2. The molecule has 2 aromatic rings. The van der Waals surface area contributed by atoms with Gasteiger partial charge in [-0.2, -0.15) is 0 Å². The second-order valence-corrected chi connectivity index (χ2v) is 7.92. The third-order valence-corrected chi connectivity index (χ3v) is 5.65. The Labute approximate surface area is 163 Å². The molecule has 0 saturated carbocycles. The smallest absolute Gasteiger partial charge is 0.191 e. The van der Waals surface area contributed by atoms with E-state index in [0.29, 0.717) is 18.9 Å². The first kappa shape index (κ1) is 19.5. The number of hydrogen-bond acceptors (Lipinski definition) is 5. The molecule has 0 radical (unpaired) electrons. The number of rotatable bonds is 6. The van der Waals surface area contributed by atoms with Crippen molar-refractivity contribution in [2.75, 3.05) is 31.1 Å². The summed E-state index contributed by atoms with van der Waals surface area (Å²) in [5.41, 5.74) is 1.11. The Kier molecular flexibility index (Phi) is 6.60. The lowest BCUT2D eigenvalue weighted by Gasteiger charge is -2.19. The predicted molar refractivity (Wildman–Crippen MR) is 109 cm³/mol. The van der Waals surface area contributed by atoms with Crippen LogP contribution in [0.5, 0.6) is 0 Å². The van der Waals surface area contributed by atoms with Crippen LogP contribution in [0.15, 0.2) is 23.3 Å². The van der Waals surface area contributed by atoms with Gasteiger partial charge in [-0.25, -0.2) is 14.4 Å². The van der Waals surface area contributed by atoms with E-state index in [0.717, 1.165) is 42.6 Å². The summed E-state index contributed by atoms with van der Waals surface area (Å²) < 4.78 is 13.9. The largest absolute Gasteiger partial charge is 0.357 e. The van der Waals surface area contributed by atoms with Crippen LogP contribution >= 0.6 is 11.3 Å². The van der Waals surface area contributed by atoms with Gasteiger partial charge in [-0.15, -0.1) is 11.3 Å². The number of pyridine rings is 1.